The van der Waals surface area contributed by atoms with Crippen LogP contribution >= 0.6 is 0 Å². The summed E-state index contributed by atoms with van der Waals surface area (Å²) in [7, 11) is -1.87. The van der Waals surface area contributed by atoms with Gasteiger partial charge in [0.2, 0.25) is 0 Å². The number of rotatable bonds is 6. The van der Waals surface area contributed by atoms with E-state index >= 15 is 0 Å². The molecule has 2 nitrogen and oxygen atoms in total. The van der Waals surface area contributed by atoms with Gasteiger partial charge in [-0.15, -0.1) is 0 Å². The molecule has 0 heterocycles. The van der Waals surface area contributed by atoms with Crippen LogP contribution in [0.2, 0.25) is 6.04 Å². The molecule has 3 heteroatoms. The van der Waals surface area contributed by atoms with Crippen molar-refractivity contribution in [2.45, 2.75) is 33.7 Å². The highest BCUT2D eigenvalue weighted by atomic mass is 28.4. The molecule has 0 N–H and O–H groups in total. The minimum atomic E-state index is -1.87. The molecule has 67 valence electrons. The average Bonchev–Trinajstić information content (AvgIpc) is 2.04. The summed E-state index contributed by atoms with van der Waals surface area (Å²) in [4.78, 5) is 0. The third-order valence-corrected chi connectivity index (χ3v) is 5.13. The van der Waals surface area contributed by atoms with E-state index < -0.39 is 8.56 Å². The number of hydrogen-bond acceptors (Lipinski definition) is 2. The first-order valence-electron chi connectivity index (χ1n) is 4.33. The van der Waals surface area contributed by atoms with E-state index in [0.29, 0.717) is 0 Å². The fraction of sp³-hybridized carbons (Fsp3) is 0.875. The first-order chi connectivity index (χ1) is 5.24. The van der Waals surface area contributed by atoms with Crippen LogP contribution in [0.1, 0.15) is 27.7 Å². The number of hydrogen-bond donors (Lipinski definition) is 0. The standard InChI is InChI=1S/C8H19O2Si/c1-5-9-11(7-3,8-4)10-6-2/h7H,5-6,8H2,1-4H3. The second-order valence-corrected chi connectivity index (χ2v) is 5.81. The Kier molecular flexibility index (Phi) is 5.82. The van der Waals surface area contributed by atoms with E-state index in [1.807, 2.05) is 20.8 Å². The van der Waals surface area contributed by atoms with Gasteiger partial charge in [-0.3, -0.25) is 0 Å². The molecule has 0 saturated heterocycles. The average molecular weight is 175 g/mol. The van der Waals surface area contributed by atoms with Crippen molar-refractivity contribution in [1.29, 1.82) is 0 Å². The molecule has 11 heavy (non-hydrogen) atoms. The van der Waals surface area contributed by atoms with Gasteiger partial charge in [-0.2, -0.15) is 0 Å². The van der Waals surface area contributed by atoms with E-state index in [-0.39, 0.29) is 0 Å². The van der Waals surface area contributed by atoms with E-state index in [2.05, 4.69) is 13.0 Å². The maximum atomic E-state index is 5.63. The van der Waals surface area contributed by atoms with Crippen LogP contribution in [0.4, 0.5) is 0 Å². The van der Waals surface area contributed by atoms with Crippen molar-refractivity contribution in [2.24, 2.45) is 0 Å². The fourth-order valence-corrected chi connectivity index (χ4v) is 3.32. The first-order valence-corrected chi connectivity index (χ1v) is 6.43. The Morgan fingerprint density at radius 3 is 1.73 bits per heavy atom. The van der Waals surface area contributed by atoms with E-state index in [0.717, 1.165) is 19.3 Å². The minimum absolute atomic E-state index is 0.754. The Morgan fingerprint density at radius 2 is 1.55 bits per heavy atom. The molecule has 0 rings (SSSR count). The van der Waals surface area contributed by atoms with Crippen molar-refractivity contribution in [3.8, 4) is 0 Å². The van der Waals surface area contributed by atoms with Crippen molar-refractivity contribution in [1.82, 2.24) is 0 Å². The van der Waals surface area contributed by atoms with E-state index in [1.54, 1.807) is 0 Å². The van der Waals surface area contributed by atoms with Crippen molar-refractivity contribution in [3.63, 3.8) is 0 Å². The molecule has 0 amide bonds. The zero-order valence-electron chi connectivity index (χ0n) is 8.02. The van der Waals surface area contributed by atoms with Crippen LogP contribution < -0.4 is 0 Å². The summed E-state index contributed by atoms with van der Waals surface area (Å²) in [5.41, 5.74) is 0. The molecule has 0 aliphatic rings. The normalized spacial score (nSPS) is 12.0. The summed E-state index contributed by atoms with van der Waals surface area (Å²) in [5.74, 6) is 0. The summed E-state index contributed by atoms with van der Waals surface area (Å²) >= 11 is 0. The second kappa shape index (κ2) is 5.74. The zero-order chi connectivity index (χ0) is 8.74. The highest BCUT2D eigenvalue weighted by Crippen LogP contribution is 2.15. The summed E-state index contributed by atoms with van der Waals surface area (Å²) < 4.78 is 11.3. The SMILES string of the molecule is C[CH][Si](CC)(OCC)OCC. The molecule has 0 aromatic heterocycles. The smallest absolute Gasteiger partial charge is 0.340 e. The monoisotopic (exact) mass is 175 g/mol. The summed E-state index contributed by atoms with van der Waals surface area (Å²) in [6, 6.07) is 3.12. The lowest BCUT2D eigenvalue weighted by atomic mass is 10.9. The first kappa shape index (κ1) is 11.1. The van der Waals surface area contributed by atoms with Gasteiger partial charge in [0.1, 0.15) is 0 Å². The second-order valence-electron chi connectivity index (χ2n) is 2.32. The van der Waals surface area contributed by atoms with Crippen molar-refractivity contribution >= 4 is 8.56 Å². The molecule has 1 radical (unpaired) electrons. The molecule has 0 atom stereocenters. The molecule has 0 aromatic carbocycles. The third-order valence-electron chi connectivity index (χ3n) is 1.71. The molecule has 0 unspecified atom stereocenters. The van der Waals surface area contributed by atoms with Gasteiger partial charge < -0.3 is 8.85 Å². The predicted octanol–water partition coefficient (Wildman–Crippen LogP) is 2.28. The molecular weight excluding hydrogens is 156 g/mol. The van der Waals surface area contributed by atoms with Gasteiger partial charge in [-0.1, -0.05) is 13.8 Å². The van der Waals surface area contributed by atoms with Crippen molar-refractivity contribution < 1.29 is 8.85 Å². The van der Waals surface area contributed by atoms with Gasteiger partial charge in [0.05, 0.1) is 0 Å². The molecule has 0 bridgehead atoms. The summed E-state index contributed by atoms with van der Waals surface area (Å²) in [6.45, 7) is 9.69. The highest BCUT2D eigenvalue weighted by Gasteiger charge is 2.32. The van der Waals surface area contributed by atoms with Gasteiger partial charge in [-0.05, 0) is 19.9 Å². The molecule has 0 aliphatic carbocycles. The van der Waals surface area contributed by atoms with Crippen LogP contribution in [0, 0.1) is 6.04 Å². The molecule has 0 fully saturated rings. The van der Waals surface area contributed by atoms with E-state index in [9.17, 15) is 0 Å². The molecule has 0 aliphatic heterocycles. The lowest BCUT2D eigenvalue weighted by molar-refractivity contribution is 0.191. The summed E-state index contributed by atoms with van der Waals surface area (Å²) in [6.07, 6.45) is 0. The Bertz CT molecular complexity index is 84.1. The van der Waals surface area contributed by atoms with Crippen LogP contribution in [-0.4, -0.2) is 21.8 Å². The topological polar surface area (TPSA) is 18.5 Å². The lowest BCUT2D eigenvalue weighted by Gasteiger charge is -2.27. The molecule has 0 aromatic rings. The third kappa shape index (κ3) is 3.36. The minimum Gasteiger partial charge on any atom is -0.394 e. The fourth-order valence-electron chi connectivity index (χ4n) is 1.11. The Morgan fingerprint density at radius 1 is 1.09 bits per heavy atom. The summed E-state index contributed by atoms with van der Waals surface area (Å²) in [5, 5.41) is 0. The van der Waals surface area contributed by atoms with Gasteiger partial charge in [-0.25, -0.2) is 0 Å². The van der Waals surface area contributed by atoms with Crippen LogP contribution in [-0.2, 0) is 8.85 Å². The lowest BCUT2D eigenvalue weighted by Crippen LogP contribution is -2.41. The Balaban J connectivity index is 3.96. The maximum Gasteiger partial charge on any atom is 0.340 e. The van der Waals surface area contributed by atoms with Crippen LogP contribution in [0.15, 0.2) is 0 Å². The highest BCUT2D eigenvalue weighted by molar-refractivity contribution is 6.70. The zero-order valence-corrected chi connectivity index (χ0v) is 9.02. The van der Waals surface area contributed by atoms with Gasteiger partial charge >= 0.3 is 8.56 Å². The molecule has 0 spiro atoms. The Labute approximate surface area is 71.1 Å². The van der Waals surface area contributed by atoms with Crippen molar-refractivity contribution in [3.05, 3.63) is 6.04 Å². The predicted molar refractivity (Wildman–Crippen MR) is 49.5 cm³/mol. The van der Waals surface area contributed by atoms with Gasteiger partial charge in [0.15, 0.2) is 0 Å². The van der Waals surface area contributed by atoms with Crippen LogP contribution in [0.25, 0.3) is 0 Å². The Hall–Kier alpha value is 0.137. The van der Waals surface area contributed by atoms with Crippen LogP contribution in [0.5, 0.6) is 0 Å². The largest absolute Gasteiger partial charge is 0.394 e. The molecule has 0 saturated carbocycles. The van der Waals surface area contributed by atoms with Gasteiger partial charge in [0, 0.05) is 19.3 Å². The van der Waals surface area contributed by atoms with E-state index in [4.69, 9.17) is 8.85 Å². The molecular formula is C8H19O2Si. The van der Waals surface area contributed by atoms with Crippen LogP contribution in [0.3, 0.4) is 0 Å². The van der Waals surface area contributed by atoms with E-state index in [1.165, 1.54) is 0 Å². The maximum absolute atomic E-state index is 5.63. The van der Waals surface area contributed by atoms with Crippen molar-refractivity contribution in [2.75, 3.05) is 13.2 Å². The quantitative estimate of drug-likeness (QED) is 0.577. The van der Waals surface area contributed by atoms with Gasteiger partial charge in [0.25, 0.3) is 0 Å².